The maximum absolute atomic E-state index is 13.2. The molecule has 0 radical (unpaired) electrons. The van der Waals surface area contributed by atoms with Gasteiger partial charge in [0.25, 0.3) is 5.91 Å². The molecule has 7 heteroatoms. The summed E-state index contributed by atoms with van der Waals surface area (Å²) >= 11 is 3.54. The molecule has 32 heavy (non-hydrogen) atoms. The number of carbonyl (C=O) groups excluding carboxylic acids is 2. The zero-order chi connectivity index (χ0) is 24.1. The van der Waals surface area contributed by atoms with Crippen LogP contribution in [0.1, 0.15) is 44.4 Å². The molecule has 0 spiro atoms. The fraction of sp³-hybridized carbons (Fsp3) is 0.440. The quantitative estimate of drug-likeness (QED) is 0.561. The highest BCUT2D eigenvalue weighted by Gasteiger charge is 2.28. The van der Waals surface area contributed by atoms with Gasteiger partial charge in [0.2, 0.25) is 5.91 Å². The van der Waals surface area contributed by atoms with Crippen molar-refractivity contribution < 1.29 is 19.1 Å². The predicted molar refractivity (Wildman–Crippen MR) is 130 cm³/mol. The summed E-state index contributed by atoms with van der Waals surface area (Å²) in [5.41, 5.74) is 2.55. The number of methoxy groups -OCH3 is 1. The molecule has 0 aliphatic rings. The third-order valence-electron chi connectivity index (χ3n) is 4.95. The van der Waals surface area contributed by atoms with Gasteiger partial charge in [-0.2, -0.15) is 0 Å². The average molecular weight is 505 g/mol. The summed E-state index contributed by atoms with van der Waals surface area (Å²) in [6.07, 6.45) is 0. The molecule has 0 fully saturated rings. The van der Waals surface area contributed by atoms with Crippen LogP contribution < -0.4 is 14.8 Å². The first kappa shape index (κ1) is 25.7. The molecule has 1 N–H and O–H groups in total. The van der Waals surface area contributed by atoms with Crippen LogP contribution in [-0.2, 0) is 16.1 Å². The maximum Gasteiger partial charge on any atom is 0.261 e. The topological polar surface area (TPSA) is 67.9 Å². The van der Waals surface area contributed by atoms with E-state index in [1.165, 1.54) is 0 Å². The van der Waals surface area contributed by atoms with E-state index in [0.29, 0.717) is 5.75 Å². The van der Waals surface area contributed by atoms with Crippen molar-refractivity contribution in [3.05, 3.63) is 57.6 Å². The van der Waals surface area contributed by atoms with Gasteiger partial charge in [0.15, 0.2) is 6.61 Å². The van der Waals surface area contributed by atoms with E-state index in [9.17, 15) is 9.59 Å². The molecule has 174 valence electrons. The Bertz CT molecular complexity index is 928. The summed E-state index contributed by atoms with van der Waals surface area (Å²) in [4.78, 5) is 27.5. The smallest absolute Gasteiger partial charge is 0.261 e. The Kier molecular flexibility index (Phi) is 8.73. The van der Waals surface area contributed by atoms with E-state index in [4.69, 9.17) is 9.47 Å². The molecule has 2 aromatic carbocycles. The van der Waals surface area contributed by atoms with Gasteiger partial charge in [0.05, 0.1) is 7.11 Å². The highest BCUT2D eigenvalue weighted by Crippen LogP contribution is 2.26. The summed E-state index contributed by atoms with van der Waals surface area (Å²) in [5.74, 6) is 0.868. The minimum absolute atomic E-state index is 0.163. The molecule has 0 bridgehead atoms. The molecular formula is C25H33BrN2O4. The summed E-state index contributed by atoms with van der Waals surface area (Å²) in [6.45, 7) is 11.5. The van der Waals surface area contributed by atoms with Gasteiger partial charge >= 0.3 is 0 Å². The van der Waals surface area contributed by atoms with E-state index in [1.807, 2.05) is 71.0 Å². The Balaban J connectivity index is 2.21. The molecule has 1 atom stereocenters. The molecule has 6 nitrogen and oxygen atoms in total. The Morgan fingerprint density at radius 3 is 2.12 bits per heavy atom. The van der Waals surface area contributed by atoms with Gasteiger partial charge < -0.3 is 19.7 Å². The van der Waals surface area contributed by atoms with Crippen LogP contribution in [0.3, 0.4) is 0 Å². The van der Waals surface area contributed by atoms with Gasteiger partial charge in [-0.15, -0.1) is 0 Å². The molecule has 0 aliphatic heterocycles. The number of hydrogen-bond donors (Lipinski definition) is 1. The van der Waals surface area contributed by atoms with Crippen molar-refractivity contribution in [2.45, 2.75) is 59.7 Å². The maximum atomic E-state index is 13.2. The van der Waals surface area contributed by atoms with Gasteiger partial charge in [0.1, 0.15) is 17.5 Å². The highest BCUT2D eigenvalue weighted by molar-refractivity contribution is 9.10. The highest BCUT2D eigenvalue weighted by atomic mass is 79.9. The monoisotopic (exact) mass is 504 g/mol. The van der Waals surface area contributed by atoms with E-state index < -0.39 is 11.6 Å². The minimum atomic E-state index is -0.666. The number of aryl methyl sites for hydroxylation is 2. The zero-order valence-corrected chi connectivity index (χ0v) is 21.5. The molecule has 0 heterocycles. The lowest BCUT2D eigenvalue weighted by Gasteiger charge is -2.31. The molecule has 0 saturated carbocycles. The standard InChI is InChI=1S/C25H33BrN2O4/c1-16-12-21(13-17(2)23(16)26)32-15-22(29)28(18(3)24(30)27-25(4,5)6)14-19-8-10-20(31-7)11-9-19/h8-13,18H,14-15H2,1-7H3,(H,27,30). The number of rotatable bonds is 8. The van der Waals surface area contributed by atoms with Gasteiger partial charge in [-0.05, 0) is 82.5 Å². The second kappa shape index (κ2) is 10.9. The molecule has 2 amide bonds. The zero-order valence-electron chi connectivity index (χ0n) is 19.9. The van der Waals surface area contributed by atoms with Crippen LogP contribution in [-0.4, -0.2) is 42.0 Å². The summed E-state index contributed by atoms with van der Waals surface area (Å²) < 4.78 is 12.0. The van der Waals surface area contributed by atoms with E-state index in [1.54, 1.807) is 18.9 Å². The Morgan fingerprint density at radius 2 is 1.62 bits per heavy atom. The van der Waals surface area contributed by atoms with Crippen molar-refractivity contribution in [3.63, 3.8) is 0 Å². The van der Waals surface area contributed by atoms with Crippen LogP contribution in [0.25, 0.3) is 0 Å². The summed E-state index contributed by atoms with van der Waals surface area (Å²) in [7, 11) is 1.60. The lowest BCUT2D eigenvalue weighted by molar-refractivity contribution is -0.142. The summed E-state index contributed by atoms with van der Waals surface area (Å²) in [5, 5.41) is 2.95. The second-order valence-electron chi connectivity index (χ2n) is 8.94. The van der Waals surface area contributed by atoms with E-state index in [0.717, 1.165) is 26.9 Å². The third-order valence-corrected chi connectivity index (χ3v) is 6.20. The number of benzene rings is 2. The van der Waals surface area contributed by atoms with Gasteiger partial charge in [0, 0.05) is 16.6 Å². The first-order valence-corrected chi connectivity index (χ1v) is 11.3. The number of halogens is 1. The Hall–Kier alpha value is -2.54. The number of hydrogen-bond acceptors (Lipinski definition) is 4. The number of ether oxygens (including phenoxy) is 2. The normalized spacial score (nSPS) is 12.1. The average Bonchev–Trinajstić information content (AvgIpc) is 2.72. The van der Waals surface area contributed by atoms with Crippen molar-refractivity contribution in [3.8, 4) is 11.5 Å². The molecule has 1 unspecified atom stereocenters. The molecular weight excluding hydrogens is 472 g/mol. The fourth-order valence-electron chi connectivity index (χ4n) is 3.20. The summed E-state index contributed by atoms with van der Waals surface area (Å²) in [6, 6.07) is 10.5. The molecule has 0 aromatic heterocycles. The largest absolute Gasteiger partial charge is 0.497 e. The van der Waals surface area contributed by atoms with Crippen LogP contribution in [0.4, 0.5) is 0 Å². The van der Waals surface area contributed by atoms with Crippen LogP contribution in [0.2, 0.25) is 0 Å². The fourth-order valence-corrected chi connectivity index (χ4v) is 3.43. The van der Waals surface area contributed by atoms with Crippen LogP contribution >= 0.6 is 15.9 Å². The predicted octanol–water partition coefficient (Wildman–Crippen LogP) is 4.79. The number of nitrogens with zero attached hydrogens (tertiary/aromatic N) is 1. The second-order valence-corrected chi connectivity index (χ2v) is 9.74. The third kappa shape index (κ3) is 7.26. The first-order chi connectivity index (χ1) is 14.9. The van der Waals surface area contributed by atoms with Crippen molar-refractivity contribution in [2.75, 3.05) is 13.7 Å². The van der Waals surface area contributed by atoms with Crippen molar-refractivity contribution in [1.29, 1.82) is 0 Å². The lowest BCUT2D eigenvalue weighted by atomic mass is 10.1. The first-order valence-electron chi connectivity index (χ1n) is 10.5. The van der Waals surface area contributed by atoms with Crippen LogP contribution in [0.15, 0.2) is 40.9 Å². The molecule has 0 saturated heterocycles. The molecule has 0 aliphatic carbocycles. The van der Waals surface area contributed by atoms with E-state index >= 15 is 0 Å². The van der Waals surface area contributed by atoms with Gasteiger partial charge in [-0.3, -0.25) is 9.59 Å². The van der Waals surface area contributed by atoms with Crippen molar-refractivity contribution in [2.24, 2.45) is 0 Å². The molecule has 2 aromatic rings. The Labute approximate surface area is 199 Å². The van der Waals surface area contributed by atoms with E-state index in [-0.39, 0.29) is 25.0 Å². The lowest BCUT2D eigenvalue weighted by Crippen LogP contribution is -2.53. The number of nitrogens with one attached hydrogen (secondary N) is 1. The minimum Gasteiger partial charge on any atom is -0.497 e. The SMILES string of the molecule is COc1ccc(CN(C(=O)COc2cc(C)c(Br)c(C)c2)C(C)C(=O)NC(C)(C)C)cc1. The van der Waals surface area contributed by atoms with Gasteiger partial charge in [-0.1, -0.05) is 28.1 Å². The number of amides is 2. The number of carbonyl (C=O) groups is 2. The van der Waals surface area contributed by atoms with Crippen molar-refractivity contribution in [1.82, 2.24) is 10.2 Å². The van der Waals surface area contributed by atoms with E-state index in [2.05, 4.69) is 21.2 Å². The van der Waals surface area contributed by atoms with Gasteiger partial charge in [-0.25, -0.2) is 0 Å². The Morgan fingerprint density at radius 1 is 1.06 bits per heavy atom. The molecule has 2 rings (SSSR count). The van der Waals surface area contributed by atoms with Crippen LogP contribution in [0.5, 0.6) is 11.5 Å². The van der Waals surface area contributed by atoms with Crippen molar-refractivity contribution >= 4 is 27.7 Å². The van der Waals surface area contributed by atoms with Crippen LogP contribution in [0, 0.1) is 13.8 Å².